The highest BCUT2D eigenvalue weighted by Gasteiger charge is 2.44. The van der Waals surface area contributed by atoms with Gasteiger partial charge in [0.2, 0.25) is 0 Å². The molecule has 1 heterocycles. The number of hydrogen-bond donors (Lipinski definition) is 3. The Bertz CT molecular complexity index is 236. The zero-order valence-corrected chi connectivity index (χ0v) is 12.2. The lowest BCUT2D eigenvalue weighted by atomic mass is 9.86. The third kappa shape index (κ3) is 2.87. The van der Waals surface area contributed by atoms with E-state index in [4.69, 9.17) is 5.73 Å². The van der Waals surface area contributed by atoms with Crippen LogP contribution in [0.25, 0.3) is 0 Å². The van der Waals surface area contributed by atoms with Crippen molar-refractivity contribution < 1.29 is 4.31 Å². The Morgan fingerprint density at radius 3 is 2.17 bits per heavy atom. The minimum absolute atomic E-state index is 0.161. The van der Waals surface area contributed by atoms with Crippen LogP contribution in [0.15, 0.2) is 0 Å². The van der Waals surface area contributed by atoms with Crippen LogP contribution in [0.1, 0.15) is 64.2 Å². The lowest BCUT2D eigenvalue weighted by molar-refractivity contribution is -0.819. The molecule has 0 spiro atoms. The predicted octanol–water partition coefficient (Wildman–Crippen LogP) is 1.60. The molecule has 2 saturated carbocycles. The van der Waals surface area contributed by atoms with Crippen LogP contribution in [0.2, 0.25) is 0 Å². The summed E-state index contributed by atoms with van der Waals surface area (Å²) >= 11 is 1.96. The summed E-state index contributed by atoms with van der Waals surface area (Å²) in [6.45, 7) is 0. The van der Waals surface area contributed by atoms with E-state index in [1.165, 1.54) is 64.2 Å². The van der Waals surface area contributed by atoms with E-state index in [0.717, 1.165) is 12.0 Å². The van der Waals surface area contributed by atoms with Gasteiger partial charge < -0.3 is 5.73 Å². The van der Waals surface area contributed by atoms with Crippen molar-refractivity contribution in [3.8, 4) is 0 Å². The van der Waals surface area contributed by atoms with Gasteiger partial charge in [0.15, 0.2) is 11.7 Å². The van der Waals surface area contributed by atoms with Crippen LogP contribution in [-0.2, 0) is 0 Å². The highest BCUT2D eigenvalue weighted by molar-refractivity contribution is 7.93. The average Bonchev–Trinajstić information content (AvgIpc) is 2.83. The molecular weight excluding hydrogens is 242 g/mol. The van der Waals surface area contributed by atoms with Crippen LogP contribution in [-0.4, -0.2) is 17.7 Å². The molecule has 3 nitrogen and oxygen atoms in total. The van der Waals surface area contributed by atoms with Gasteiger partial charge in [-0.1, -0.05) is 25.7 Å². The summed E-state index contributed by atoms with van der Waals surface area (Å²) in [5.41, 5.74) is 6.32. The highest BCUT2D eigenvalue weighted by atomic mass is 32.2. The molecular formula is C14H28N3S+. The first-order valence-corrected chi connectivity index (χ1v) is 8.77. The summed E-state index contributed by atoms with van der Waals surface area (Å²) in [4.78, 5) is 0. The van der Waals surface area contributed by atoms with Crippen molar-refractivity contribution in [1.82, 2.24) is 5.32 Å². The topological polar surface area (TPSA) is 42.5 Å². The molecule has 0 radical (unpaired) electrons. The summed E-state index contributed by atoms with van der Waals surface area (Å²) in [5.74, 6) is 0.872. The summed E-state index contributed by atoms with van der Waals surface area (Å²) in [6.07, 6.45) is 14.9. The van der Waals surface area contributed by atoms with Gasteiger partial charge in [0.05, 0.1) is 6.04 Å². The largest absolute Gasteiger partial charge is 0.303 e. The molecule has 104 valence electrons. The van der Waals surface area contributed by atoms with Crippen molar-refractivity contribution in [3.05, 3.63) is 0 Å². The lowest BCUT2D eigenvalue weighted by Crippen LogP contribution is -3.14. The van der Waals surface area contributed by atoms with E-state index >= 15 is 0 Å². The minimum atomic E-state index is 0.161. The van der Waals surface area contributed by atoms with Gasteiger partial charge in [-0.2, -0.15) is 0 Å². The smallest absolute Gasteiger partial charge is 0.163 e. The maximum Gasteiger partial charge on any atom is 0.163 e. The molecule has 0 aromatic carbocycles. The van der Waals surface area contributed by atoms with Crippen molar-refractivity contribution >= 4 is 11.9 Å². The molecule has 0 amide bonds. The first kappa shape index (κ1) is 13.2. The second-order valence-corrected chi connectivity index (χ2v) is 7.53. The zero-order chi connectivity index (χ0) is 12.4. The van der Waals surface area contributed by atoms with Crippen LogP contribution < -0.4 is 15.4 Å². The monoisotopic (exact) mass is 270 g/mol. The maximum absolute atomic E-state index is 6.16. The van der Waals surface area contributed by atoms with Crippen LogP contribution in [0.4, 0.5) is 0 Å². The fourth-order valence-electron chi connectivity index (χ4n) is 4.09. The van der Waals surface area contributed by atoms with E-state index in [0.29, 0.717) is 6.17 Å². The van der Waals surface area contributed by atoms with E-state index in [-0.39, 0.29) is 5.50 Å². The molecule has 1 aliphatic heterocycles. The van der Waals surface area contributed by atoms with E-state index in [2.05, 4.69) is 5.32 Å². The average molecular weight is 270 g/mol. The second-order valence-electron chi connectivity index (χ2n) is 6.32. The van der Waals surface area contributed by atoms with E-state index in [1.807, 2.05) is 11.9 Å². The van der Waals surface area contributed by atoms with Crippen LogP contribution in [0.5, 0.6) is 0 Å². The lowest BCUT2D eigenvalue weighted by Gasteiger charge is -2.35. The van der Waals surface area contributed by atoms with Crippen LogP contribution in [0.3, 0.4) is 0 Å². The third-order valence-corrected chi connectivity index (χ3v) is 6.29. The quantitative estimate of drug-likeness (QED) is 0.668. The number of nitrogens with one attached hydrogen (secondary N) is 2. The molecule has 1 saturated heterocycles. The van der Waals surface area contributed by atoms with Crippen molar-refractivity contribution in [2.75, 3.05) is 0 Å². The molecule has 4 heteroatoms. The molecule has 18 heavy (non-hydrogen) atoms. The third-order valence-electron chi connectivity index (χ3n) is 5.04. The Morgan fingerprint density at radius 1 is 0.889 bits per heavy atom. The van der Waals surface area contributed by atoms with Gasteiger partial charge in [-0.05, 0) is 25.7 Å². The van der Waals surface area contributed by atoms with E-state index < -0.39 is 0 Å². The molecule has 0 bridgehead atoms. The van der Waals surface area contributed by atoms with Crippen molar-refractivity contribution in [2.24, 2.45) is 11.7 Å². The molecule has 3 unspecified atom stereocenters. The maximum atomic E-state index is 6.16. The second kappa shape index (κ2) is 6.12. The first-order chi connectivity index (χ1) is 8.84. The summed E-state index contributed by atoms with van der Waals surface area (Å²) < 4.78 is 1.73. The summed E-state index contributed by atoms with van der Waals surface area (Å²) in [7, 11) is 0. The zero-order valence-electron chi connectivity index (χ0n) is 11.4. The van der Waals surface area contributed by atoms with Crippen molar-refractivity contribution in [3.63, 3.8) is 0 Å². The summed E-state index contributed by atoms with van der Waals surface area (Å²) in [5, 5.41) is 3.67. The van der Waals surface area contributed by atoms with Gasteiger partial charge in [-0.15, -0.1) is 0 Å². The van der Waals surface area contributed by atoms with Gasteiger partial charge >= 0.3 is 0 Å². The Hall–Kier alpha value is 0.230. The normalized spacial score (nSPS) is 40.2. The number of rotatable bonds is 2. The minimum Gasteiger partial charge on any atom is -0.303 e. The number of nitrogens with two attached hydrogens (primary N) is 1. The van der Waals surface area contributed by atoms with Crippen LogP contribution >= 0.6 is 11.9 Å². The Labute approximate surface area is 115 Å². The van der Waals surface area contributed by atoms with Gasteiger partial charge in [0, 0.05) is 18.8 Å². The van der Waals surface area contributed by atoms with Gasteiger partial charge in [-0.3, -0.25) is 4.31 Å². The standard InChI is InChI=1S/C14H27N3S/c15-14-16-13(11-7-3-1-4-8-11)17(18-14)12-9-5-2-6-10-12/h11-14,16H,1-10,15H2/p+1. The Balaban J connectivity index is 1.65. The Morgan fingerprint density at radius 2 is 1.50 bits per heavy atom. The molecule has 3 aliphatic rings. The summed E-state index contributed by atoms with van der Waals surface area (Å²) in [6, 6.07) is 0.858. The van der Waals surface area contributed by atoms with Gasteiger partial charge in [0.25, 0.3) is 0 Å². The number of quaternary nitrogens is 1. The van der Waals surface area contributed by atoms with E-state index in [9.17, 15) is 0 Å². The van der Waals surface area contributed by atoms with Crippen molar-refractivity contribution in [1.29, 1.82) is 0 Å². The van der Waals surface area contributed by atoms with Crippen LogP contribution in [0, 0.1) is 5.92 Å². The molecule has 3 fully saturated rings. The fourth-order valence-corrected chi connectivity index (χ4v) is 5.43. The fraction of sp³-hybridized carbons (Fsp3) is 1.00. The molecule has 3 rings (SSSR count). The predicted molar refractivity (Wildman–Crippen MR) is 76.9 cm³/mol. The molecule has 0 aromatic rings. The Kier molecular flexibility index (Phi) is 4.50. The van der Waals surface area contributed by atoms with Gasteiger partial charge in [-0.25, -0.2) is 5.32 Å². The molecule has 3 atom stereocenters. The van der Waals surface area contributed by atoms with Crippen molar-refractivity contribution in [2.45, 2.75) is 81.9 Å². The highest BCUT2D eigenvalue weighted by Crippen LogP contribution is 2.28. The van der Waals surface area contributed by atoms with E-state index in [1.54, 1.807) is 4.31 Å². The number of hydrogen-bond acceptors (Lipinski definition) is 3. The molecule has 4 N–H and O–H groups in total. The molecule has 2 aliphatic carbocycles. The SMILES string of the molecule is NC1NC(C2CCCCC2)[NH+](C2CCCCC2)S1. The van der Waals surface area contributed by atoms with Gasteiger partial charge in [0.1, 0.15) is 11.9 Å². The first-order valence-electron chi connectivity index (χ1n) is 7.89. The molecule has 0 aromatic heterocycles.